The average Bonchev–Trinajstić information content (AvgIpc) is 2.81. The van der Waals surface area contributed by atoms with Crippen molar-refractivity contribution in [3.05, 3.63) is 41.2 Å². The second kappa shape index (κ2) is 6.29. The second-order valence-electron chi connectivity index (χ2n) is 4.80. The maximum atomic E-state index is 12.0. The van der Waals surface area contributed by atoms with Crippen molar-refractivity contribution in [1.29, 1.82) is 0 Å². The van der Waals surface area contributed by atoms with E-state index in [1.54, 1.807) is 6.20 Å². The Morgan fingerprint density at radius 3 is 2.90 bits per heavy atom. The third kappa shape index (κ3) is 3.64. The molecule has 0 radical (unpaired) electrons. The average molecular weight is 273 g/mol. The van der Waals surface area contributed by atoms with Gasteiger partial charge in [0.2, 0.25) is 5.91 Å². The number of hydrogen-bond donors (Lipinski definition) is 2. The third-order valence-corrected chi connectivity index (χ3v) is 2.92. The van der Waals surface area contributed by atoms with Gasteiger partial charge in [0.1, 0.15) is 6.54 Å². The Morgan fingerprint density at radius 1 is 1.35 bits per heavy atom. The van der Waals surface area contributed by atoms with Crippen LogP contribution in [-0.4, -0.2) is 27.9 Å². The number of aromatic nitrogens is 3. The van der Waals surface area contributed by atoms with Crippen LogP contribution in [0.3, 0.4) is 0 Å². The van der Waals surface area contributed by atoms with Crippen LogP contribution in [0.4, 0.5) is 5.69 Å². The zero-order valence-corrected chi connectivity index (χ0v) is 12.0. The van der Waals surface area contributed by atoms with E-state index in [-0.39, 0.29) is 12.5 Å². The molecule has 20 heavy (non-hydrogen) atoms. The van der Waals surface area contributed by atoms with Gasteiger partial charge in [-0.1, -0.05) is 17.3 Å². The van der Waals surface area contributed by atoms with E-state index in [1.165, 1.54) is 4.68 Å². The lowest BCUT2D eigenvalue weighted by atomic mass is 10.1. The van der Waals surface area contributed by atoms with Crippen molar-refractivity contribution < 1.29 is 4.79 Å². The minimum atomic E-state index is -0.111. The van der Waals surface area contributed by atoms with Crippen LogP contribution in [0.25, 0.3) is 0 Å². The fourth-order valence-corrected chi connectivity index (χ4v) is 1.89. The summed E-state index contributed by atoms with van der Waals surface area (Å²) in [5.74, 6) is -0.111. The fourth-order valence-electron chi connectivity index (χ4n) is 1.89. The molecule has 0 aliphatic rings. The van der Waals surface area contributed by atoms with Gasteiger partial charge in [0.15, 0.2) is 0 Å². The Balaban J connectivity index is 1.99. The minimum absolute atomic E-state index is 0.111. The van der Waals surface area contributed by atoms with E-state index in [1.807, 2.05) is 39.1 Å². The minimum Gasteiger partial charge on any atom is -0.324 e. The van der Waals surface area contributed by atoms with E-state index >= 15 is 0 Å². The maximum Gasteiger partial charge on any atom is 0.246 e. The summed E-state index contributed by atoms with van der Waals surface area (Å²) >= 11 is 0. The Kier molecular flexibility index (Phi) is 4.47. The molecule has 2 N–H and O–H groups in total. The smallest absolute Gasteiger partial charge is 0.246 e. The molecule has 2 rings (SSSR count). The van der Waals surface area contributed by atoms with Gasteiger partial charge in [-0.05, 0) is 38.1 Å². The standard InChI is InChI=1S/C14H19N5O/c1-10-4-5-11(2)13(6-10)16-14(20)9-19-8-12(7-15-3)17-18-19/h4-6,8,15H,7,9H2,1-3H3,(H,16,20). The molecule has 6 nitrogen and oxygen atoms in total. The normalized spacial score (nSPS) is 10.6. The SMILES string of the molecule is CNCc1cn(CC(=O)Nc2cc(C)ccc2C)nn1. The zero-order chi connectivity index (χ0) is 14.5. The number of nitrogens with one attached hydrogen (secondary N) is 2. The van der Waals surface area contributed by atoms with E-state index in [9.17, 15) is 4.79 Å². The van der Waals surface area contributed by atoms with E-state index in [0.29, 0.717) is 6.54 Å². The monoisotopic (exact) mass is 273 g/mol. The van der Waals surface area contributed by atoms with Crippen LogP contribution in [0.5, 0.6) is 0 Å². The number of rotatable bonds is 5. The second-order valence-corrected chi connectivity index (χ2v) is 4.80. The first-order valence-corrected chi connectivity index (χ1v) is 6.49. The molecule has 0 unspecified atom stereocenters. The fraction of sp³-hybridized carbons (Fsp3) is 0.357. The lowest BCUT2D eigenvalue weighted by Gasteiger charge is -2.09. The van der Waals surface area contributed by atoms with Crippen molar-refractivity contribution in [2.45, 2.75) is 26.9 Å². The van der Waals surface area contributed by atoms with Crippen LogP contribution in [0.2, 0.25) is 0 Å². The van der Waals surface area contributed by atoms with Crippen molar-refractivity contribution in [2.75, 3.05) is 12.4 Å². The quantitative estimate of drug-likeness (QED) is 0.860. The van der Waals surface area contributed by atoms with Gasteiger partial charge in [-0.15, -0.1) is 5.10 Å². The number of amides is 1. The van der Waals surface area contributed by atoms with Crippen LogP contribution < -0.4 is 10.6 Å². The van der Waals surface area contributed by atoms with Gasteiger partial charge in [0.05, 0.1) is 11.9 Å². The van der Waals surface area contributed by atoms with E-state index < -0.39 is 0 Å². The molecule has 0 saturated carbocycles. The molecule has 0 fully saturated rings. The van der Waals surface area contributed by atoms with Crippen LogP contribution in [0.1, 0.15) is 16.8 Å². The van der Waals surface area contributed by atoms with E-state index in [2.05, 4.69) is 20.9 Å². The topological polar surface area (TPSA) is 71.8 Å². The van der Waals surface area contributed by atoms with Crippen molar-refractivity contribution >= 4 is 11.6 Å². The summed E-state index contributed by atoms with van der Waals surface area (Å²) in [4.78, 5) is 12.0. The molecule has 0 atom stereocenters. The first-order valence-electron chi connectivity index (χ1n) is 6.49. The van der Waals surface area contributed by atoms with Crippen LogP contribution in [0.15, 0.2) is 24.4 Å². The van der Waals surface area contributed by atoms with Gasteiger partial charge in [-0.3, -0.25) is 4.79 Å². The van der Waals surface area contributed by atoms with Crippen molar-refractivity contribution in [3.8, 4) is 0 Å². The van der Waals surface area contributed by atoms with Crippen molar-refractivity contribution in [3.63, 3.8) is 0 Å². The van der Waals surface area contributed by atoms with Crippen LogP contribution in [0, 0.1) is 13.8 Å². The summed E-state index contributed by atoms with van der Waals surface area (Å²) in [5.41, 5.74) is 3.80. The molecule has 6 heteroatoms. The molecule has 0 spiro atoms. The Hall–Kier alpha value is -2.21. The van der Waals surface area contributed by atoms with Gasteiger partial charge in [-0.25, -0.2) is 4.68 Å². The molecule has 0 aliphatic heterocycles. The number of hydrogen-bond acceptors (Lipinski definition) is 4. The largest absolute Gasteiger partial charge is 0.324 e. The molecule has 0 saturated heterocycles. The molecule has 1 heterocycles. The highest BCUT2D eigenvalue weighted by Crippen LogP contribution is 2.16. The number of benzene rings is 1. The van der Waals surface area contributed by atoms with Crippen LogP contribution in [-0.2, 0) is 17.9 Å². The molecule has 2 aromatic rings. The summed E-state index contributed by atoms with van der Waals surface area (Å²) in [5, 5.41) is 13.8. The number of aryl methyl sites for hydroxylation is 2. The molecule has 106 valence electrons. The predicted molar refractivity (Wildman–Crippen MR) is 77.3 cm³/mol. The Morgan fingerprint density at radius 2 is 2.15 bits per heavy atom. The highest BCUT2D eigenvalue weighted by atomic mass is 16.2. The van der Waals surface area contributed by atoms with Gasteiger partial charge < -0.3 is 10.6 Å². The number of nitrogens with zero attached hydrogens (tertiary/aromatic N) is 3. The molecule has 0 aliphatic carbocycles. The summed E-state index contributed by atoms with van der Waals surface area (Å²) in [6, 6.07) is 5.97. The first-order chi connectivity index (χ1) is 9.58. The summed E-state index contributed by atoms with van der Waals surface area (Å²) in [6.07, 6.45) is 1.76. The number of anilines is 1. The van der Waals surface area contributed by atoms with Crippen LogP contribution >= 0.6 is 0 Å². The first kappa shape index (κ1) is 14.2. The van der Waals surface area contributed by atoms with Crippen molar-refractivity contribution in [2.24, 2.45) is 0 Å². The molecular weight excluding hydrogens is 254 g/mol. The number of carbonyl (C=O) groups excluding carboxylic acids is 1. The summed E-state index contributed by atoms with van der Waals surface area (Å²) in [7, 11) is 1.84. The highest BCUT2D eigenvalue weighted by molar-refractivity contribution is 5.91. The molecule has 0 bridgehead atoms. The summed E-state index contributed by atoms with van der Waals surface area (Å²) in [6.45, 7) is 4.76. The van der Waals surface area contributed by atoms with Gasteiger partial charge >= 0.3 is 0 Å². The molecular formula is C14H19N5O. The number of carbonyl (C=O) groups is 1. The van der Waals surface area contributed by atoms with Gasteiger partial charge in [-0.2, -0.15) is 0 Å². The van der Waals surface area contributed by atoms with Crippen molar-refractivity contribution in [1.82, 2.24) is 20.3 Å². The van der Waals surface area contributed by atoms with Gasteiger partial charge in [0, 0.05) is 12.2 Å². The van der Waals surface area contributed by atoms with Gasteiger partial charge in [0.25, 0.3) is 0 Å². The zero-order valence-electron chi connectivity index (χ0n) is 12.0. The van der Waals surface area contributed by atoms with E-state index in [0.717, 1.165) is 22.5 Å². The Bertz CT molecular complexity index is 605. The molecule has 1 amide bonds. The molecule has 1 aromatic heterocycles. The maximum absolute atomic E-state index is 12.0. The summed E-state index contributed by atoms with van der Waals surface area (Å²) < 4.78 is 1.53. The lowest BCUT2D eigenvalue weighted by molar-refractivity contribution is -0.116. The predicted octanol–water partition coefficient (Wildman–Crippen LogP) is 1.25. The lowest BCUT2D eigenvalue weighted by Crippen LogP contribution is -2.19. The Labute approximate surface area is 118 Å². The van der Waals surface area contributed by atoms with E-state index in [4.69, 9.17) is 0 Å². The third-order valence-electron chi connectivity index (χ3n) is 2.92. The molecule has 1 aromatic carbocycles. The highest BCUT2D eigenvalue weighted by Gasteiger charge is 2.08.